The third kappa shape index (κ3) is 3.50. The Hall–Kier alpha value is -3.72. The highest BCUT2D eigenvalue weighted by atomic mass is 35.5. The lowest BCUT2D eigenvalue weighted by Crippen LogP contribution is -2.21. The van der Waals surface area contributed by atoms with Crippen molar-refractivity contribution in [2.75, 3.05) is 5.32 Å². The van der Waals surface area contributed by atoms with E-state index in [1.165, 1.54) is 29.1 Å². The first-order valence-corrected chi connectivity index (χ1v) is 9.20. The third-order valence-corrected chi connectivity index (χ3v) is 4.81. The Labute approximate surface area is 174 Å². The summed E-state index contributed by atoms with van der Waals surface area (Å²) in [7, 11) is 0. The van der Waals surface area contributed by atoms with Crippen molar-refractivity contribution in [3.8, 4) is 17.4 Å². The minimum absolute atomic E-state index is 0.0393. The number of nitrogens with zero attached hydrogens (tertiary/aromatic N) is 3. The number of aromatic amines is 1. The maximum atomic E-state index is 14.2. The molecule has 4 rings (SSSR count). The van der Waals surface area contributed by atoms with Gasteiger partial charge in [0.25, 0.3) is 11.5 Å². The van der Waals surface area contributed by atoms with Crippen LogP contribution in [0.2, 0.25) is 5.02 Å². The molecule has 152 valence electrons. The van der Waals surface area contributed by atoms with E-state index in [9.17, 15) is 14.0 Å². The Morgan fingerprint density at radius 3 is 2.73 bits per heavy atom. The summed E-state index contributed by atoms with van der Waals surface area (Å²) < 4.78 is 20.8. The highest BCUT2D eigenvalue weighted by molar-refractivity contribution is 6.34. The van der Waals surface area contributed by atoms with Crippen molar-refractivity contribution < 1.29 is 13.6 Å². The number of carbonyl (C=O) groups is 1. The fourth-order valence-electron chi connectivity index (χ4n) is 2.80. The molecule has 3 aromatic heterocycles. The van der Waals surface area contributed by atoms with Gasteiger partial charge >= 0.3 is 0 Å². The molecular formula is C20H15ClFN5O3. The summed E-state index contributed by atoms with van der Waals surface area (Å²) in [6.07, 6.45) is 1.47. The van der Waals surface area contributed by atoms with Crippen molar-refractivity contribution in [3.05, 3.63) is 80.7 Å². The van der Waals surface area contributed by atoms with Crippen molar-refractivity contribution >= 4 is 23.3 Å². The third-order valence-electron chi connectivity index (χ3n) is 4.50. The number of anilines is 1. The molecule has 0 bridgehead atoms. The van der Waals surface area contributed by atoms with Crippen LogP contribution in [0.15, 0.2) is 51.9 Å². The number of halogens is 2. The summed E-state index contributed by atoms with van der Waals surface area (Å²) in [5.41, 5.74) is 0.671. The van der Waals surface area contributed by atoms with Crippen molar-refractivity contribution in [1.82, 2.24) is 19.7 Å². The second-order valence-corrected chi connectivity index (χ2v) is 6.86. The van der Waals surface area contributed by atoms with E-state index >= 15 is 0 Å². The SMILES string of the molecule is Cc1nc(-n2nc(-c3ccco3)cc2NC(=O)c2c(F)cccc2Cl)[nH]c(=O)c1C. The van der Waals surface area contributed by atoms with Crippen LogP contribution >= 0.6 is 11.6 Å². The highest BCUT2D eigenvalue weighted by Gasteiger charge is 2.21. The fraction of sp³-hybridized carbons (Fsp3) is 0.100. The zero-order valence-electron chi connectivity index (χ0n) is 15.9. The zero-order chi connectivity index (χ0) is 21.4. The second-order valence-electron chi connectivity index (χ2n) is 6.45. The summed E-state index contributed by atoms with van der Waals surface area (Å²) >= 11 is 5.99. The number of rotatable bonds is 4. The molecular weight excluding hydrogens is 413 g/mol. The average molecular weight is 428 g/mol. The van der Waals surface area contributed by atoms with Gasteiger partial charge in [-0.2, -0.15) is 9.78 Å². The molecule has 3 heterocycles. The van der Waals surface area contributed by atoms with Crippen molar-refractivity contribution in [1.29, 1.82) is 0 Å². The molecule has 0 fully saturated rings. The van der Waals surface area contributed by atoms with Gasteiger partial charge in [0, 0.05) is 17.3 Å². The Morgan fingerprint density at radius 2 is 2.07 bits per heavy atom. The maximum absolute atomic E-state index is 14.2. The molecule has 0 aliphatic carbocycles. The summed E-state index contributed by atoms with van der Waals surface area (Å²) in [6, 6.07) is 8.82. The summed E-state index contributed by atoms with van der Waals surface area (Å²) in [6.45, 7) is 3.33. The predicted molar refractivity (Wildman–Crippen MR) is 109 cm³/mol. The van der Waals surface area contributed by atoms with Gasteiger partial charge in [-0.25, -0.2) is 9.37 Å². The van der Waals surface area contributed by atoms with E-state index in [1.807, 2.05) is 0 Å². The van der Waals surface area contributed by atoms with Crippen LogP contribution in [0.5, 0.6) is 0 Å². The predicted octanol–water partition coefficient (Wildman–Crippen LogP) is 3.88. The number of benzene rings is 1. The minimum atomic E-state index is -0.781. The fourth-order valence-corrected chi connectivity index (χ4v) is 3.05. The van der Waals surface area contributed by atoms with Gasteiger partial charge in [-0.1, -0.05) is 17.7 Å². The Balaban J connectivity index is 1.82. The molecule has 10 heteroatoms. The van der Waals surface area contributed by atoms with Crippen LogP contribution in [0.3, 0.4) is 0 Å². The van der Waals surface area contributed by atoms with Gasteiger partial charge in [0.05, 0.1) is 16.8 Å². The monoisotopic (exact) mass is 427 g/mol. The molecule has 0 unspecified atom stereocenters. The first-order chi connectivity index (χ1) is 14.3. The van der Waals surface area contributed by atoms with Crippen LogP contribution in [0.1, 0.15) is 21.6 Å². The van der Waals surface area contributed by atoms with Gasteiger partial charge in [0.2, 0.25) is 5.95 Å². The van der Waals surface area contributed by atoms with Crippen LogP contribution in [0, 0.1) is 19.7 Å². The summed E-state index contributed by atoms with van der Waals surface area (Å²) in [4.78, 5) is 31.9. The van der Waals surface area contributed by atoms with E-state index in [0.717, 1.165) is 6.07 Å². The molecule has 4 aromatic rings. The van der Waals surface area contributed by atoms with Gasteiger partial charge in [-0.15, -0.1) is 0 Å². The molecule has 0 aliphatic heterocycles. The quantitative estimate of drug-likeness (QED) is 0.514. The molecule has 8 nitrogen and oxygen atoms in total. The lowest BCUT2D eigenvalue weighted by atomic mass is 10.2. The molecule has 0 aliphatic rings. The smallest absolute Gasteiger partial charge is 0.261 e. The molecule has 1 aromatic carbocycles. The molecule has 0 atom stereocenters. The molecule has 1 amide bonds. The standard InChI is InChI=1S/C20H15ClFN5O3/c1-10-11(2)23-20(25-18(10)28)27-16(9-14(26-27)15-7-4-8-30-15)24-19(29)17-12(21)5-3-6-13(17)22/h3-9H,1-2H3,(H,24,29)(H,23,25,28). The molecule has 30 heavy (non-hydrogen) atoms. The van der Waals surface area contributed by atoms with Gasteiger partial charge in [-0.3, -0.25) is 14.6 Å². The first kappa shape index (κ1) is 19.6. The van der Waals surface area contributed by atoms with E-state index in [2.05, 4.69) is 20.4 Å². The molecule has 0 saturated carbocycles. The lowest BCUT2D eigenvalue weighted by molar-refractivity contribution is 0.102. The van der Waals surface area contributed by atoms with Crippen molar-refractivity contribution in [3.63, 3.8) is 0 Å². The van der Waals surface area contributed by atoms with E-state index < -0.39 is 11.7 Å². The zero-order valence-corrected chi connectivity index (χ0v) is 16.6. The van der Waals surface area contributed by atoms with Crippen LogP contribution in [-0.2, 0) is 0 Å². The molecule has 2 N–H and O–H groups in total. The van der Waals surface area contributed by atoms with Crippen LogP contribution < -0.4 is 10.9 Å². The average Bonchev–Trinajstić information content (AvgIpc) is 3.35. The van der Waals surface area contributed by atoms with Crippen molar-refractivity contribution in [2.45, 2.75) is 13.8 Å². The number of carbonyl (C=O) groups excluding carboxylic acids is 1. The Bertz CT molecular complexity index is 1290. The lowest BCUT2D eigenvalue weighted by Gasteiger charge is -2.10. The number of furan rings is 1. The number of amides is 1. The number of aromatic nitrogens is 4. The van der Waals surface area contributed by atoms with Crippen LogP contribution in [0.4, 0.5) is 10.2 Å². The normalized spacial score (nSPS) is 10.9. The Morgan fingerprint density at radius 1 is 1.27 bits per heavy atom. The Kier molecular flexibility index (Phi) is 4.96. The van der Waals surface area contributed by atoms with Crippen LogP contribution in [0.25, 0.3) is 17.4 Å². The maximum Gasteiger partial charge on any atom is 0.261 e. The first-order valence-electron chi connectivity index (χ1n) is 8.82. The largest absolute Gasteiger partial charge is 0.463 e. The van der Waals surface area contributed by atoms with Gasteiger partial charge in [0.15, 0.2) is 5.76 Å². The minimum Gasteiger partial charge on any atom is -0.463 e. The summed E-state index contributed by atoms with van der Waals surface area (Å²) in [5, 5.41) is 6.91. The number of nitrogens with one attached hydrogen (secondary N) is 2. The van der Waals surface area contributed by atoms with Gasteiger partial charge < -0.3 is 9.73 Å². The summed E-state index contributed by atoms with van der Waals surface area (Å²) in [5.74, 6) is -0.904. The number of H-pyrrole nitrogens is 1. The van der Waals surface area contributed by atoms with E-state index in [1.54, 1.807) is 26.0 Å². The number of aryl methyl sites for hydroxylation is 1. The van der Waals surface area contributed by atoms with Crippen molar-refractivity contribution in [2.24, 2.45) is 0 Å². The van der Waals surface area contributed by atoms with Gasteiger partial charge in [0.1, 0.15) is 17.3 Å². The second kappa shape index (κ2) is 7.60. The van der Waals surface area contributed by atoms with E-state index in [-0.39, 0.29) is 27.9 Å². The number of hydrogen-bond acceptors (Lipinski definition) is 5. The van der Waals surface area contributed by atoms with Crippen LogP contribution in [-0.4, -0.2) is 25.7 Å². The topological polar surface area (TPSA) is 106 Å². The highest BCUT2D eigenvalue weighted by Crippen LogP contribution is 2.26. The molecule has 0 saturated heterocycles. The van der Waals surface area contributed by atoms with E-state index in [4.69, 9.17) is 16.0 Å². The molecule has 0 spiro atoms. The molecule has 0 radical (unpaired) electrons. The van der Waals surface area contributed by atoms with Gasteiger partial charge in [-0.05, 0) is 38.1 Å². The number of hydrogen-bond donors (Lipinski definition) is 2. The van der Waals surface area contributed by atoms with E-state index in [0.29, 0.717) is 22.7 Å².